The first-order valence-electron chi connectivity index (χ1n) is 9.01. The van der Waals surface area contributed by atoms with Crippen molar-refractivity contribution in [3.63, 3.8) is 0 Å². The van der Waals surface area contributed by atoms with Crippen molar-refractivity contribution >= 4 is 45.1 Å². The summed E-state index contributed by atoms with van der Waals surface area (Å²) in [5.74, 6) is 0.591. The van der Waals surface area contributed by atoms with Crippen LogP contribution in [0.1, 0.15) is 6.42 Å². The van der Waals surface area contributed by atoms with E-state index in [0.29, 0.717) is 32.8 Å². The normalized spacial score (nSPS) is 12.4. The number of hydrogen-bond donors (Lipinski definition) is 1. The van der Waals surface area contributed by atoms with Crippen LogP contribution < -0.4 is 20.5 Å². The molecule has 1 aliphatic heterocycles. The zero-order valence-electron chi connectivity index (χ0n) is 15.4. The highest BCUT2D eigenvalue weighted by molar-refractivity contribution is 7.14. The van der Waals surface area contributed by atoms with Gasteiger partial charge in [0.1, 0.15) is 0 Å². The van der Waals surface area contributed by atoms with E-state index in [4.69, 9.17) is 25.5 Å². The zero-order valence-corrected chi connectivity index (χ0v) is 17.0. The van der Waals surface area contributed by atoms with Gasteiger partial charge in [0.05, 0.1) is 11.2 Å². The number of fused-ring (bicyclic) bond motifs is 2. The topological polar surface area (TPSA) is 95.6 Å². The van der Waals surface area contributed by atoms with Gasteiger partial charge in [-0.25, -0.2) is 9.78 Å². The van der Waals surface area contributed by atoms with Crippen molar-refractivity contribution in [2.24, 2.45) is 0 Å². The predicted octanol–water partition coefficient (Wildman–Crippen LogP) is 4.13. The van der Waals surface area contributed by atoms with Crippen molar-refractivity contribution < 1.29 is 18.7 Å². The van der Waals surface area contributed by atoms with E-state index in [1.54, 1.807) is 18.2 Å². The number of anilines is 1. The number of amides is 1. The molecule has 2 aromatic carbocycles. The zero-order chi connectivity index (χ0) is 20.7. The van der Waals surface area contributed by atoms with Gasteiger partial charge < -0.3 is 19.2 Å². The summed E-state index contributed by atoms with van der Waals surface area (Å²) < 4.78 is 17.3. The first-order valence-corrected chi connectivity index (χ1v) is 10.3. The van der Waals surface area contributed by atoms with Crippen LogP contribution in [0.4, 0.5) is 5.13 Å². The molecular weight excluding hydrogens is 430 g/mol. The maximum absolute atomic E-state index is 12.4. The Kier molecular flexibility index (Phi) is 4.68. The van der Waals surface area contributed by atoms with Gasteiger partial charge in [-0.15, -0.1) is 11.3 Å². The average molecular weight is 444 g/mol. The highest BCUT2D eigenvalue weighted by Crippen LogP contribution is 2.36. The predicted molar refractivity (Wildman–Crippen MR) is 112 cm³/mol. The number of aryl methyl sites for hydroxylation is 1. The summed E-state index contributed by atoms with van der Waals surface area (Å²) in [5, 5.41) is 5.57. The number of halogens is 1. The molecular formula is C20H14ClN3O5S. The molecule has 8 nitrogen and oxygen atoms in total. The Labute approximate surface area is 178 Å². The number of ether oxygens (including phenoxy) is 2. The van der Waals surface area contributed by atoms with Crippen molar-refractivity contribution in [3.05, 3.63) is 57.4 Å². The molecule has 0 bridgehead atoms. The molecule has 0 saturated carbocycles. The van der Waals surface area contributed by atoms with Gasteiger partial charge >= 0.3 is 5.76 Å². The summed E-state index contributed by atoms with van der Waals surface area (Å²) in [6.45, 7) is 0.388. The summed E-state index contributed by atoms with van der Waals surface area (Å²) >= 11 is 7.24. The van der Waals surface area contributed by atoms with Gasteiger partial charge in [0.2, 0.25) is 12.7 Å². The van der Waals surface area contributed by atoms with Gasteiger partial charge in [0.15, 0.2) is 22.2 Å². The minimum absolute atomic E-state index is 0.0934. The summed E-state index contributed by atoms with van der Waals surface area (Å²) in [6, 6.07) is 10.5. The van der Waals surface area contributed by atoms with Crippen LogP contribution in [0.5, 0.6) is 11.5 Å². The van der Waals surface area contributed by atoms with Crippen LogP contribution in [0, 0.1) is 0 Å². The van der Waals surface area contributed by atoms with Crippen LogP contribution >= 0.6 is 22.9 Å². The largest absolute Gasteiger partial charge is 0.454 e. The number of benzene rings is 2. The number of nitrogens with one attached hydrogen (secondary N) is 1. The van der Waals surface area contributed by atoms with E-state index in [-0.39, 0.29) is 25.7 Å². The van der Waals surface area contributed by atoms with Gasteiger partial charge in [-0.3, -0.25) is 9.36 Å². The lowest BCUT2D eigenvalue weighted by atomic mass is 10.1. The summed E-state index contributed by atoms with van der Waals surface area (Å²) in [5.41, 5.74) is 2.58. The molecule has 152 valence electrons. The van der Waals surface area contributed by atoms with Crippen molar-refractivity contribution in [3.8, 4) is 22.8 Å². The fourth-order valence-electron chi connectivity index (χ4n) is 3.17. The number of nitrogens with zero attached hydrogens (tertiary/aromatic N) is 2. The van der Waals surface area contributed by atoms with E-state index in [0.717, 1.165) is 11.3 Å². The van der Waals surface area contributed by atoms with E-state index >= 15 is 0 Å². The lowest BCUT2D eigenvalue weighted by molar-refractivity contribution is -0.116. The molecule has 0 radical (unpaired) electrons. The minimum Gasteiger partial charge on any atom is -0.454 e. The number of rotatable bonds is 5. The van der Waals surface area contributed by atoms with Gasteiger partial charge in [-0.2, -0.15) is 0 Å². The fraction of sp³-hybridized carbons (Fsp3) is 0.150. The standard InChI is InChI=1S/C20H14ClN3O5S/c21-12-2-3-14-16(8-12)29-20(26)24(14)6-5-18(25)23-19-22-13(9-30-19)11-1-4-15-17(7-11)28-10-27-15/h1-4,7-9H,5-6,10H2,(H,22,23,25). The van der Waals surface area contributed by atoms with E-state index < -0.39 is 5.76 Å². The van der Waals surface area contributed by atoms with E-state index in [2.05, 4.69) is 10.3 Å². The number of oxazole rings is 1. The Morgan fingerprint density at radius 2 is 2.07 bits per heavy atom. The van der Waals surface area contributed by atoms with Crippen LogP contribution in [0.15, 0.2) is 51.0 Å². The lowest BCUT2D eigenvalue weighted by Crippen LogP contribution is -2.19. The molecule has 1 N–H and O–H groups in total. The number of aromatic nitrogens is 2. The smallest absolute Gasteiger partial charge is 0.419 e. The second-order valence-corrected chi connectivity index (χ2v) is 7.83. The molecule has 4 aromatic rings. The summed E-state index contributed by atoms with van der Waals surface area (Å²) in [4.78, 5) is 28.9. The second kappa shape index (κ2) is 7.51. The monoisotopic (exact) mass is 443 g/mol. The number of carbonyl (C=O) groups is 1. The number of hydrogen-bond acceptors (Lipinski definition) is 7. The third kappa shape index (κ3) is 3.53. The lowest BCUT2D eigenvalue weighted by Gasteiger charge is -2.03. The van der Waals surface area contributed by atoms with Crippen molar-refractivity contribution in [1.29, 1.82) is 0 Å². The Bertz CT molecular complexity index is 1330. The highest BCUT2D eigenvalue weighted by Gasteiger charge is 2.16. The first-order chi connectivity index (χ1) is 14.6. The fourth-order valence-corrected chi connectivity index (χ4v) is 4.06. The van der Waals surface area contributed by atoms with Crippen molar-refractivity contribution in [2.45, 2.75) is 13.0 Å². The average Bonchev–Trinajstić information content (AvgIpc) is 3.43. The van der Waals surface area contributed by atoms with Crippen molar-refractivity contribution in [1.82, 2.24) is 9.55 Å². The van der Waals surface area contributed by atoms with Gasteiger partial charge in [-0.05, 0) is 30.3 Å². The molecule has 2 aromatic heterocycles. The Hall–Kier alpha value is -3.30. The molecule has 0 aliphatic carbocycles. The number of thiazole rings is 1. The van der Waals surface area contributed by atoms with Gasteiger partial charge in [0.25, 0.3) is 0 Å². The molecule has 1 amide bonds. The number of carbonyl (C=O) groups excluding carboxylic acids is 1. The molecule has 0 fully saturated rings. The molecule has 5 rings (SSSR count). The Balaban J connectivity index is 1.26. The molecule has 30 heavy (non-hydrogen) atoms. The van der Waals surface area contributed by atoms with E-state index in [1.807, 2.05) is 23.6 Å². The summed E-state index contributed by atoms with van der Waals surface area (Å²) in [6.07, 6.45) is 0.0934. The second-order valence-electron chi connectivity index (χ2n) is 6.54. The van der Waals surface area contributed by atoms with Crippen molar-refractivity contribution in [2.75, 3.05) is 12.1 Å². The first kappa shape index (κ1) is 18.7. The maximum Gasteiger partial charge on any atom is 0.419 e. The highest BCUT2D eigenvalue weighted by atomic mass is 35.5. The maximum atomic E-state index is 12.4. The van der Waals surface area contributed by atoms with Gasteiger partial charge in [-0.1, -0.05) is 11.6 Å². The third-order valence-corrected chi connectivity index (χ3v) is 5.60. The molecule has 10 heteroatoms. The summed E-state index contributed by atoms with van der Waals surface area (Å²) in [7, 11) is 0. The SMILES string of the molecule is O=C(CCn1c(=O)oc2cc(Cl)ccc21)Nc1nc(-c2ccc3c(c2)OCO3)cs1. The quantitative estimate of drug-likeness (QED) is 0.498. The Morgan fingerprint density at radius 1 is 1.20 bits per heavy atom. The third-order valence-electron chi connectivity index (χ3n) is 4.61. The van der Waals surface area contributed by atoms with Crippen LogP contribution in [0.3, 0.4) is 0 Å². The molecule has 0 atom stereocenters. The Morgan fingerprint density at radius 3 is 2.97 bits per heavy atom. The molecule has 0 spiro atoms. The van der Waals surface area contributed by atoms with Crippen LogP contribution in [0.25, 0.3) is 22.4 Å². The van der Waals surface area contributed by atoms with Crippen LogP contribution in [0.2, 0.25) is 5.02 Å². The van der Waals surface area contributed by atoms with E-state index in [1.165, 1.54) is 15.9 Å². The van der Waals surface area contributed by atoms with Crippen LogP contribution in [-0.4, -0.2) is 22.3 Å². The molecule has 0 unspecified atom stereocenters. The molecule has 3 heterocycles. The minimum atomic E-state index is -0.528. The molecule has 0 saturated heterocycles. The van der Waals surface area contributed by atoms with Gasteiger partial charge in [0, 0.05) is 35.0 Å². The molecule has 1 aliphatic rings. The van der Waals surface area contributed by atoms with Crippen LogP contribution in [-0.2, 0) is 11.3 Å². The van der Waals surface area contributed by atoms with E-state index in [9.17, 15) is 9.59 Å².